The lowest BCUT2D eigenvalue weighted by molar-refractivity contribution is -0.148. The van der Waals surface area contributed by atoms with Crippen molar-refractivity contribution in [2.24, 2.45) is 22.7 Å². The Bertz CT molecular complexity index is 648. The van der Waals surface area contributed by atoms with Gasteiger partial charge in [0.15, 0.2) is 0 Å². The maximum absolute atomic E-state index is 11.8. The topological polar surface area (TPSA) is 83.8 Å². The molecule has 0 spiro atoms. The molecule has 2 aliphatic carbocycles. The molecule has 0 bridgehead atoms. The van der Waals surface area contributed by atoms with Crippen molar-refractivity contribution in [1.29, 1.82) is 0 Å². The molecule has 138 valence electrons. The van der Waals surface area contributed by atoms with Crippen molar-refractivity contribution in [2.45, 2.75) is 59.0 Å². The first-order chi connectivity index (χ1) is 11.7. The summed E-state index contributed by atoms with van der Waals surface area (Å²) in [7, 11) is 0. The first-order valence-electron chi connectivity index (χ1n) is 9.19. The van der Waals surface area contributed by atoms with Gasteiger partial charge in [-0.3, -0.25) is 0 Å². The van der Waals surface area contributed by atoms with Crippen LogP contribution in [0.25, 0.3) is 0 Å². The minimum absolute atomic E-state index is 0.0767. The van der Waals surface area contributed by atoms with E-state index in [4.69, 9.17) is 4.74 Å². The van der Waals surface area contributed by atoms with Gasteiger partial charge < -0.3 is 14.9 Å². The van der Waals surface area contributed by atoms with Crippen molar-refractivity contribution in [3.05, 3.63) is 23.3 Å². The fourth-order valence-electron chi connectivity index (χ4n) is 5.46. The van der Waals surface area contributed by atoms with Gasteiger partial charge in [-0.15, -0.1) is 0 Å². The normalized spacial score (nSPS) is 40.8. The zero-order valence-electron chi connectivity index (χ0n) is 15.2. The average molecular weight is 348 g/mol. The van der Waals surface area contributed by atoms with Crippen LogP contribution in [0.4, 0.5) is 0 Å². The molecule has 1 fully saturated rings. The summed E-state index contributed by atoms with van der Waals surface area (Å²) in [6.45, 7) is 6.61. The number of ether oxygens (including phenoxy) is 1. The second-order valence-electron chi connectivity index (χ2n) is 8.32. The van der Waals surface area contributed by atoms with Crippen LogP contribution in [0, 0.1) is 22.7 Å². The van der Waals surface area contributed by atoms with Gasteiger partial charge in [-0.05, 0) is 55.4 Å². The quantitative estimate of drug-likeness (QED) is 0.763. The van der Waals surface area contributed by atoms with Crippen molar-refractivity contribution in [1.82, 2.24) is 0 Å². The number of rotatable bonds is 4. The van der Waals surface area contributed by atoms with E-state index in [2.05, 4.69) is 13.8 Å². The number of carbonyl (C=O) groups excluding carboxylic acids is 1. The molecule has 1 aliphatic heterocycles. The molecule has 5 nitrogen and oxygen atoms in total. The molecule has 3 aliphatic rings. The van der Waals surface area contributed by atoms with Crippen LogP contribution in [0.15, 0.2) is 23.3 Å². The third-order valence-corrected chi connectivity index (χ3v) is 7.27. The number of allylic oxidation sites excluding steroid dienone is 1. The molecule has 0 aromatic rings. The highest BCUT2D eigenvalue weighted by Gasteiger charge is 2.59. The highest BCUT2D eigenvalue weighted by atomic mass is 16.5. The first kappa shape index (κ1) is 18.2. The van der Waals surface area contributed by atoms with Gasteiger partial charge in [0.05, 0.1) is 6.10 Å². The minimum atomic E-state index is -0.926. The van der Waals surface area contributed by atoms with E-state index in [9.17, 15) is 19.8 Å². The summed E-state index contributed by atoms with van der Waals surface area (Å²) in [5.74, 6) is -0.825. The number of carbonyl (C=O) groups is 2. The van der Waals surface area contributed by atoms with Gasteiger partial charge in [0, 0.05) is 16.6 Å². The third-order valence-electron chi connectivity index (χ3n) is 7.27. The molecule has 0 saturated heterocycles. The predicted molar refractivity (Wildman–Crippen MR) is 92.7 cm³/mol. The fourth-order valence-corrected chi connectivity index (χ4v) is 5.46. The molecule has 0 aromatic heterocycles. The summed E-state index contributed by atoms with van der Waals surface area (Å²) in [5, 5.41) is 20.5. The number of hydrogen-bond acceptors (Lipinski definition) is 4. The molecule has 25 heavy (non-hydrogen) atoms. The van der Waals surface area contributed by atoms with Gasteiger partial charge in [0.1, 0.15) is 6.61 Å². The van der Waals surface area contributed by atoms with Crippen LogP contribution in [0.2, 0.25) is 0 Å². The van der Waals surface area contributed by atoms with Gasteiger partial charge in [0.2, 0.25) is 0 Å². The average Bonchev–Trinajstić information content (AvgIpc) is 2.96. The number of aliphatic hydroxyl groups excluding tert-OH is 1. The Balaban J connectivity index is 1.92. The monoisotopic (exact) mass is 348 g/mol. The lowest BCUT2D eigenvalue weighted by Crippen LogP contribution is -2.57. The van der Waals surface area contributed by atoms with Gasteiger partial charge in [-0.2, -0.15) is 0 Å². The molecule has 0 aromatic carbocycles. The zero-order valence-corrected chi connectivity index (χ0v) is 15.2. The standard InChI is InChI=1S/C20H28O5/c1-12-11-16(21)20(3)14(17(22)23)5-4-6-15(20)19(12,2)9-7-13-8-10-25-18(13)24/h5,8,12,15-16,21H,4,6-7,9-11H2,1-3H3,(H,22,23). The maximum Gasteiger partial charge on any atom is 0.334 e. The van der Waals surface area contributed by atoms with E-state index >= 15 is 0 Å². The van der Waals surface area contributed by atoms with Crippen LogP contribution >= 0.6 is 0 Å². The van der Waals surface area contributed by atoms with E-state index in [1.807, 2.05) is 13.0 Å². The van der Waals surface area contributed by atoms with E-state index in [1.165, 1.54) is 0 Å². The molecule has 0 radical (unpaired) electrons. The van der Waals surface area contributed by atoms with Crippen molar-refractivity contribution >= 4 is 11.9 Å². The van der Waals surface area contributed by atoms with E-state index in [0.717, 1.165) is 24.8 Å². The van der Waals surface area contributed by atoms with E-state index in [-0.39, 0.29) is 23.2 Å². The predicted octanol–water partition coefficient (Wildman–Crippen LogP) is 3.08. The van der Waals surface area contributed by atoms with Crippen LogP contribution in [0.5, 0.6) is 0 Å². The molecule has 5 unspecified atom stereocenters. The van der Waals surface area contributed by atoms with Crippen LogP contribution in [0.3, 0.4) is 0 Å². The molecule has 2 N–H and O–H groups in total. The van der Waals surface area contributed by atoms with Crippen molar-refractivity contribution in [3.8, 4) is 0 Å². The Morgan fingerprint density at radius 2 is 2.08 bits per heavy atom. The van der Waals surface area contributed by atoms with E-state index in [1.54, 1.807) is 6.08 Å². The van der Waals surface area contributed by atoms with Crippen LogP contribution in [0.1, 0.15) is 52.9 Å². The second kappa shape index (κ2) is 6.27. The molecule has 5 atom stereocenters. The Labute approximate surface area is 148 Å². The molecule has 5 heteroatoms. The number of hydrogen-bond donors (Lipinski definition) is 2. The highest BCUT2D eigenvalue weighted by Crippen LogP contribution is 2.62. The summed E-state index contributed by atoms with van der Waals surface area (Å²) in [4.78, 5) is 23.6. The second-order valence-corrected chi connectivity index (χ2v) is 8.32. The Morgan fingerprint density at radius 3 is 2.68 bits per heavy atom. The lowest BCUT2D eigenvalue weighted by atomic mass is 9.45. The Kier molecular flexibility index (Phi) is 4.56. The third kappa shape index (κ3) is 2.73. The molecule has 1 heterocycles. The number of aliphatic hydroxyl groups is 1. The maximum atomic E-state index is 11.8. The molecule has 1 saturated carbocycles. The van der Waals surface area contributed by atoms with Crippen LogP contribution in [-0.2, 0) is 14.3 Å². The molecular formula is C20H28O5. The molecule has 0 amide bonds. The molecular weight excluding hydrogens is 320 g/mol. The smallest absolute Gasteiger partial charge is 0.334 e. The number of carboxylic acids is 1. The zero-order chi connectivity index (χ0) is 18.4. The summed E-state index contributed by atoms with van der Waals surface area (Å²) in [5.41, 5.74) is 0.211. The number of aliphatic carboxylic acids is 1. The van der Waals surface area contributed by atoms with E-state index < -0.39 is 17.5 Å². The number of cyclic esters (lactones) is 1. The number of carboxylic acid groups (broad SMARTS) is 1. The van der Waals surface area contributed by atoms with Gasteiger partial charge in [0.25, 0.3) is 0 Å². The fraction of sp³-hybridized carbons (Fsp3) is 0.700. The number of esters is 1. The largest absolute Gasteiger partial charge is 0.478 e. The summed E-state index contributed by atoms with van der Waals surface area (Å²) >= 11 is 0. The summed E-state index contributed by atoms with van der Waals surface area (Å²) in [6.07, 6.45) is 6.60. The van der Waals surface area contributed by atoms with Crippen molar-refractivity contribution < 1.29 is 24.5 Å². The van der Waals surface area contributed by atoms with E-state index in [0.29, 0.717) is 25.0 Å². The summed E-state index contributed by atoms with van der Waals surface area (Å²) < 4.78 is 5.00. The Hall–Kier alpha value is -1.62. The van der Waals surface area contributed by atoms with Crippen molar-refractivity contribution in [3.63, 3.8) is 0 Å². The van der Waals surface area contributed by atoms with Crippen LogP contribution < -0.4 is 0 Å². The van der Waals surface area contributed by atoms with Gasteiger partial charge in [-0.1, -0.05) is 26.8 Å². The van der Waals surface area contributed by atoms with Gasteiger partial charge in [-0.25, -0.2) is 9.59 Å². The van der Waals surface area contributed by atoms with Gasteiger partial charge >= 0.3 is 11.9 Å². The highest BCUT2D eigenvalue weighted by molar-refractivity contribution is 5.90. The first-order valence-corrected chi connectivity index (χ1v) is 9.19. The van der Waals surface area contributed by atoms with Crippen molar-refractivity contribution in [2.75, 3.05) is 6.61 Å². The molecule has 3 rings (SSSR count). The minimum Gasteiger partial charge on any atom is -0.478 e. The SMILES string of the molecule is CC1CC(O)C2(C)C(C(=O)O)=CCCC2C1(C)CCC1=CCOC1=O. The lowest BCUT2D eigenvalue weighted by Gasteiger charge is -2.59. The Morgan fingerprint density at radius 1 is 1.36 bits per heavy atom. The van der Waals surface area contributed by atoms with Crippen LogP contribution in [-0.4, -0.2) is 34.9 Å². The summed E-state index contributed by atoms with van der Waals surface area (Å²) in [6, 6.07) is 0. The number of fused-ring (bicyclic) bond motifs is 1.